The largest absolute Gasteiger partial charge is 0.338 e. The molecule has 0 fully saturated rings. The van der Waals surface area contributed by atoms with E-state index in [0.717, 1.165) is 23.1 Å². The molecule has 1 aromatic carbocycles. The minimum absolute atomic E-state index is 0.136. The topological polar surface area (TPSA) is 22.0 Å². The van der Waals surface area contributed by atoms with Crippen LogP contribution in [0.1, 0.15) is 31.3 Å². The molecule has 1 heterocycles. The van der Waals surface area contributed by atoms with E-state index in [9.17, 15) is 4.79 Å². The lowest BCUT2D eigenvalue weighted by atomic mass is 10.2. The maximum atomic E-state index is 11.6. The number of nitrogens with zero attached hydrogens (tertiary/aromatic N) is 1. The van der Waals surface area contributed by atoms with Gasteiger partial charge < -0.3 is 4.57 Å². The number of carbonyl (C=O) groups excluding carboxylic acids is 1. The van der Waals surface area contributed by atoms with Crippen molar-refractivity contribution in [1.29, 1.82) is 0 Å². The lowest BCUT2D eigenvalue weighted by Crippen LogP contribution is -2.10. The molecule has 0 aliphatic heterocycles. The van der Waals surface area contributed by atoms with Crippen molar-refractivity contribution in [3.63, 3.8) is 0 Å². The Bertz CT molecular complexity index is 523. The average molecular weight is 215 g/mol. The molecule has 0 unspecified atom stereocenters. The molecular weight excluding hydrogens is 198 g/mol. The average Bonchev–Trinajstić information content (AvgIpc) is 2.57. The summed E-state index contributed by atoms with van der Waals surface area (Å²) in [5.41, 5.74) is 1.97. The SMILES string of the molecule is CC(=O)c1cc2ccccc2n1CC(C)C. The molecule has 0 atom stereocenters. The quantitative estimate of drug-likeness (QED) is 0.718. The second-order valence-corrected chi connectivity index (χ2v) is 4.65. The van der Waals surface area contributed by atoms with E-state index >= 15 is 0 Å². The van der Waals surface area contributed by atoms with Crippen LogP contribution in [0, 0.1) is 5.92 Å². The molecule has 0 aliphatic carbocycles. The van der Waals surface area contributed by atoms with Crippen LogP contribution in [-0.2, 0) is 6.54 Å². The van der Waals surface area contributed by atoms with E-state index in [1.165, 1.54) is 0 Å². The number of benzene rings is 1. The third kappa shape index (κ3) is 1.87. The fraction of sp³-hybridized carbons (Fsp3) is 0.357. The van der Waals surface area contributed by atoms with E-state index < -0.39 is 0 Å². The van der Waals surface area contributed by atoms with Gasteiger partial charge in [-0.2, -0.15) is 0 Å². The second-order valence-electron chi connectivity index (χ2n) is 4.65. The molecule has 16 heavy (non-hydrogen) atoms. The van der Waals surface area contributed by atoms with E-state index in [0.29, 0.717) is 5.92 Å². The summed E-state index contributed by atoms with van der Waals surface area (Å²) in [7, 11) is 0. The van der Waals surface area contributed by atoms with Gasteiger partial charge in [-0.25, -0.2) is 0 Å². The van der Waals surface area contributed by atoms with Gasteiger partial charge in [-0.1, -0.05) is 32.0 Å². The fourth-order valence-corrected chi connectivity index (χ4v) is 2.06. The summed E-state index contributed by atoms with van der Waals surface area (Å²) in [6.45, 7) is 6.85. The second kappa shape index (κ2) is 4.12. The number of hydrogen-bond acceptors (Lipinski definition) is 1. The molecule has 0 saturated heterocycles. The number of para-hydroxylation sites is 1. The van der Waals surface area contributed by atoms with Crippen LogP contribution in [0.2, 0.25) is 0 Å². The Hall–Kier alpha value is -1.57. The van der Waals surface area contributed by atoms with Gasteiger partial charge in [0.05, 0.1) is 5.69 Å². The minimum Gasteiger partial charge on any atom is -0.338 e. The first kappa shape index (κ1) is 10.9. The van der Waals surface area contributed by atoms with Crippen molar-refractivity contribution in [2.75, 3.05) is 0 Å². The fourth-order valence-electron chi connectivity index (χ4n) is 2.06. The molecule has 0 bridgehead atoms. The number of hydrogen-bond donors (Lipinski definition) is 0. The number of rotatable bonds is 3. The Morgan fingerprint density at radius 3 is 2.62 bits per heavy atom. The number of carbonyl (C=O) groups is 1. The van der Waals surface area contributed by atoms with Gasteiger partial charge in [-0.3, -0.25) is 4.79 Å². The van der Waals surface area contributed by atoms with Gasteiger partial charge >= 0.3 is 0 Å². The highest BCUT2D eigenvalue weighted by molar-refractivity contribution is 5.98. The number of fused-ring (bicyclic) bond motifs is 1. The van der Waals surface area contributed by atoms with E-state index in [2.05, 4.69) is 30.5 Å². The number of Topliss-reactive ketones (excluding diaryl/α,β-unsaturated/α-hetero) is 1. The molecule has 0 N–H and O–H groups in total. The zero-order valence-electron chi connectivity index (χ0n) is 10.0. The van der Waals surface area contributed by atoms with Crippen molar-refractivity contribution in [2.24, 2.45) is 5.92 Å². The van der Waals surface area contributed by atoms with Crippen LogP contribution in [0.3, 0.4) is 0 Å². The molecule has 0 radical (unpaired) electrons. The smallest absolute Gasteiger partial charge is 0.176 e. The van der Waals surface area contributed by atoms with Gasteiger partial charge in [0.2, 0.25) is 0 Å². The standard InChI is InChI=1S/C14H17NO/c1-10(2)9-15-13-7-5-4-6-12(13)8-14(15)11(3)16/h4-8,10H,9H2,1-3H3. The first-order valence-electron chi connectivity index (χ1n) is 5.69. The van der Waals surface area contributed by atoms with Crippen molar-refractivity contribution in [3.8, 4) is 0 Å². The summed E-state index contributed by atoms with van der Waals surface area (Å²) in [6.07, 6.45) is 0. The molecule has 0 spiro atoms. The van der Waals surface area contributed by atoms with Crippen molar-refractivity contribution in [2.45, 2.75) is 27.3 Å². The van der Waals surface area contributed by atoms with Crippen molar-refractivity contribution < 1.29 is 4.79 Å². The molecule has 0 amide bonds. The molecule has 0 saturated carbocycles. The summed E-state index contributed by atoms with van der Waals surface area (Å²) >= 11 is 0. The number of ketones is 1. The summed E-state index contributed by atoms with van der Waals surface area (Å²) in [4.78, 5) is 11.6. The van der Waals surface area contributed by atoms with Gasteiger partial charge in [-0.15, -0.1) is 0 Å². The molecule has 2 heteroatoms. The highest BCUT2D eigenvalue weighted by atomic mass is 16.1. The third-order valence-electron chi connectivity index (χ3n) is 2.72. The van der Waals surface area contributed by atoms with Crippen LogP contribution in [0.4, 0.5) is 0 Å². The predicted molar refractivity (Wildman–Crippen MR) is 66.8 cm³/mol. The van der Waals surface area contributed by atoms with Crippen molar-refractivity contribution in [1.82, 2.24) is 4.57 Å². The summed E-state index contributed by atoms with van der Waals surface area (Å²) in [6, 6.07) is 10.1. The third-order valence-corrected chi connectivity index (χ3v) is 2.72. The molecule has 1 aromatic heterocycles. The minimum atomic E-state index is 0.136. The lowest BCUT2D eigenvalue weighted by molar-refractivity contribution is 0.100. The zero-order chi connectivity index (χ0) is 11.7. The Morgan fingerprint density at radius 2 is 2.00 bits per heavy atom. The van der Waals surface area contributed by atoms with Crippen LogP contribution in [0.25, 0.3) is 10.9 Å². The van der Waals surface area contributed by atoms with Gasteiger partial charge in [0.1, 0.15) is 0 Å². The molecule has 2 aromatic rings. The molecule has 2 nitrogen and oxygen atoms in total. The molecule has 84 valence electrons. The van der Waals surface area contributed by atoms with Crippen LogP contribution >= 0.6 is 0 Å². The molecular formula is C14H17NO. The van der Waals surface area contributed by atoms with Crippen molar-refractivity contribution in [3.05, 3.63) is 36.0 Å². The van der Waals surface area contributed by atoms with E-state index in [4.69, 9.17) is 0 Å². The maximum absolute atomic E-state index is 11.6. The van der Waals surface area contributed by atoms with Crippen LogP contribution < -0.4 is 0 Å². The Balaban J connectivity index is 2.64. The van der Waals surface area contributed by atoms with Crippen LogP contribution in [-0.4, -0.2) is 10.4 Å². The highest BCUT2D eigenvalue weighted by Gasteiger charge is 2.12. The monoisotopic (exact) mass is 215 g/mol. The van der Waals surface area contributed by atoms with E-state index in [1.54, 1.807) is 6.92 Å². The van der Waals surface area contributed by atoms with E-state index in [1.807, 2.05) is 18.2 Å². The first-order valence-corrected chi connectivity index (χ1v) is 5.69. The maximum Gasteiger partial charge on any atom is 0.176 e. The van der Waals surface area contributed by atoms with Gasteiger partial charge in [0.25, 0.3) is 0 Å². The van der Waals surface area contributed by atoms with Crippen LogP contribution in [0.5, 0.6) is 0 Å². The zero-order valence-corrected chi connectivity index (χ0v) is 10.0. The summed E-state index contributed by atoms with van der Waals surface area (Å²) in [5.74, 6) is 0.672. The first-order chi connectivity index (χ1) is 7.59. The van der Waals surface area contributed by atoms with Crippen LogP contribution in [0.15, 0.2) is 30.3 Å². The molecule has 2 rings (SSSR count). The Morgan fingerprint density at radius 1 is 1.31 bits per heavy atom. The van der Waals surface area contributed by atoms with Crippen molar-refractivity contribution >= 4 is 16.7 Å². The lowest BCUT2D eigenvalue weighted by Gasteiger charge is -2.11. The van der Waals surface area contributed by atoms with Gasteiger partial charge in [0, 0.05) is 24.4 Å². The highest BCUT2D eigenvalue weighted by Crippen LogP contribution is 2.21. The summed E-state index contributed by atoms with van der Waals surface area (Å²) < 4.78 is 2.13. The van der Waals surface area contributed by atoms with E-state index in [-0.39, 0.29) is 5.78 Å². The summed E-state index contributed by atoms with van der Waals surface area (Å²) in [5, 5.41) is 1.15. The Kier molecular flexibility index (Phi) is 2.82. The number of aromatic nitrogens is 1. The molecule has 0 aliphatic rings. The Labute approximate surface area is 95.9 Å². The van der Waals surface area contributed by atoms with Gasteiger partial charge in [0.15, 0.2) is 5.78 Å². The normalized spacial score (nSPS) is 11.2. The predicted octanol–water partition coefficient (Wildman–Crippen LogP) is 3.50. The van der Waals surface area contributed by atoms with Gasteiger partial charge in [-0.05, 0) is 18.1 Å².